The molecule has 0 aliphatic rings. The summed E-state index contributed by atoms with van der Waals surface area (Å²) in [6.45, 7) is 3.74. The van der Waals surface area contributed by atoms with Crippen LogP contribution in [0, 0.1) is 18.3 Å². The highest BCUT2D eigenvalue weighted by atomic mass is 16.1. The van der Waals surface area contributed by atoms with Crippen molar-refractivity contribution in [2.45, 2.75) is 13.8 Å². The van der Waals surface area contributed by atoms with Gasteiger partial charge in [0, 0.05) is 40.9 Å². The predicted octanol–water partition coefficient (Wildman–Crippen LogP) is 4.79. The number of hydrogen-bond donors (Lipinski definition) is 1. The van der Waals surface area contributed by atoms with Crippen LogP contribution in [0.2, 0.25) is 0 Å². The van der Waals surface area contributed by atoms with Gasteiger partial charge in [-0.15, -0.1) is 0 Å². The Labute approximate surface area is 207 Å². The molecule has 0 atom stereocenters. The summed E-state index contributed by atoms with van der Waals surface area (Å²) >= 11 is 0. The lowest BCUT2D eigenvalue weighted by atomic mass is 9.95. The minimum absolute atomic E-state index is 0.217. The summed E-state index contributed by atoms with van der Waals surface area (Å²) in [7, 11) is 1.92. The molecule has 3 aromatic heterocycles. The van der Waals surface area contributed by atoms with Crippen LogP contribution in [0.1, 0.15) is 39.7 Å². The minimum Gasteiger partial charge on any atom is -0.366 e. The van der Waals surface area contributed by atoms with Crippen LogP contribution in [0.5, 0.6) is 0 Å². The van der Waals surface area contributed by atoms with Crippen molar-refractivity contribution in [1.29, 1.82) is 5.26 Å². The van der Waals surface area contributed by atoms with E-state index in [0.717, 1.165) is 33.1 Å². The van der Waals surface area contributed by atoms with E-state index in [1.807, 2.05) is 46.7 Å². The molecule has 0 spiro atoms. The molecular formula is C29H23N5O2. The minimum atomic E-state index is -0.627. The number of carbonyl (C=O) groups excluding carboxylic acids is 2. The first-order valence-electron chi connectivity index (χ1n) is 11.4. The summed E-state index contributed by atoms with van der Waals surface area (Å²) in [4.78, 5) is 25.3. The Morgan fingerprint density at radius 2 is 1.86 bits per heavy atom. The largest absolute Gasteiger partial charge is 0.366 e. The van der Waals surface area contributed by atoms with Crippen molar-refractivity contribution in [2.75, 3.05) is 0 Å². The third-order valence-corrected chi connectivity index (χ3v) is 6.55. The van der Waals surface area contributed by atoms with E-state index in [2.05, 4.69) is 30.2 Å². The molecule has 0 unspecified atom stereocenters. The number of nitriles is 1. The van der Waals surface area contributed by atoms with E-state index >= 15 is 0 Å². The second-order valence-electron chi connectivity index (χ2n) is 8.66. The van der Waals surface area contributed by atoms with Gasteiger partial charge in [-0.3, -0.25) is 14.3 Å². The van der Waals surface area contributed by atoms with Gasteiger partial charge < -0.3 is 10.1 Å². The van der Waals surface area contributed by atoms with Crippen molar-refractivity contribution in [3.05, 3.63) is 101 Å². The summed E-state index contributed by atoms with van der Waals surface area (Å²) in [5.41, 5.74) is 12.3. The second-order valence-corrected chi connectivity index (χ2v) is 8.66. The quantitative estimate of drug-likeness (QED) is 0.292. The third kappa shape index (κ3) is 3.56. The van der Waals surface area contributed by atoms with Crippen LogP contribution in [0.4, 0.5) is 0 Å². The van der Waals surface area contributed by atoms with Crippen LogP contribution in [0.3, 0.4) is 0 Å². The highest BCUT2D eigenvalue weighted by Crippen LogP contribution is 2.32. The third-order valence-electron chi connectivity index (χ3n) is 6.55. The van der Waals surface area contributed by atoms with Gasteiger partial charge in [-0.1, -0.05) is 24.3 Å². The summed E-state index contributed by atoms with van der Waals surface area (Å²) in [5, 5.41) is 15.1. The lowest BCUT2D eigenvalue weighted by Crippen LogP contribution is -2.14. The second kappa shape index (κ2) is 8.67. The Morgan fingerprint density at radius 1 is 1.06 bits per heavy atom. The average Bonchev–Trinajstić information content (AvgIpc) is 3.47. The monoisotopic (exact) mass is 473 g/mol. The van der Waals surface area contributed by atoms with Gasteiger partial charge in [0.05, 0.1) is 34.6 Å². The van der Waals surface area contributed by atoms with Crippen LogP contribution >= 0.6 is 0 Å². The highest BCUT2D eigenvalue weighted by Gasteiger charge is 2.19. The number of amides is 1. The summed E-state index contributed by atoms with van der Waals surface area (Å²) in [5.74, 6) is -0.853. The number of allylic oxidation sites excluding steroid dienone is 1. The maximum Gasteiger partial charge on any atom is 0.249 e. The molecule has 5 rings (SSSR count). The molecule has 36 heavy (non-hydrogen) atoms. The zero-order chi connectivity index (χ0) is 25.6. The number of hydrogen-bond acceptors (Lipinski definition) is 4. The molecule has 7 heteroatoms. The Bertz CT molecular complexity index is 1780. The number of benzene rings is 2. The Hall–Kier alpha value is -4.96. The van der Waals surface area contributed by atoms with Gasteiger partial charge in [-0.05, 0) is 61.4 Å². The molecule has 0 aliphatic heterocycles. The topological polar surface area (TPSA) is 106 Å². The first-order valence-corrected chi connectivity index (χ1v) is 11.4. The lowest BCUT2D eigenvalue weighted by molar-refractivity contribution is -0.112. The van der Waals surface area contributed by atoms with E-state index in [1.54, 1.807) is 31.2 Å². The van der Waals surface area contributed by atoms with Crippen molar-refractivity contribution in [3.8, 4) is 17.2 Å². The van der Waals surface area contributed by atoms with Gasteiger partial charge in [0.15, 0.2) is 0 Å². The molecule has 5 aromatic rings. The number of nitrogens with two attached hydrogens (primary N) is 1. The van der Waals surface area contributed by atoms with E-state index in [9.17, 15) is 14.9 Å². The molecule has 2 N–H and O–H groups in total. The molecule has 0 fully saturated rings. The Kier molecular flexibility index (Phi) is 5.50. The van der Waals surface area contributed by atoms with Crippen LogP contribution in [0.15, 0.2) is 73.1 Å². The molecule has 0 saturated carbocycles. The zero-order valence-corrected chi connectivity index (χ0v) is 20.1. The average molecular weight is 474 g/mol. The van der Waals surface area contributed by atoms with Crippen molar-refractivity contribution >= 4 is 33.7 Å². The fourth-order valence-corrected chi connectivity index (χ4v) is 4.74. The van der Waals surface area contributed by atoms with Gasteiger partial charge in [0.1, 0.15) is 0 Å². The van der Waals surface area contributed by atoms with Gasteiger partial charge in [0.2, 0.25) is 11.7 Å². The van der Waals surface area contributed by atoms with Crippen molar-refractivity contribution in [3.63, 3.8) is 0 Å². The molecule has 1 amide bonds. The van der Waals surface area contributed by atoms with Crippen LogP contribution in [0.25, 0.3) is 33.1 Å². The highest BCUT2D eigenvalue weighted by molar-refractivity contribution is 6.19. The van der Waals surface area contributed by atoms with Crippen LogP contribution < -0.4 is 5.73 Å². The summed E-state index contributed by atoms with van der Waals surface area (Å²) in [6.07, 6.45) is 5.26. The zero-order valence-electron chi connectivity index (χ0n) is 20.1. The van der Waals surface area contributed by atoms with E-state index < -0.39 is 5.91 Å². The van der Waals surface area contributed by atoms with Crippen molar-refractivity contribution in [1.82, 2.24) is 14.2 Å². The maximum atomic E-state index is 13.5. The SMILES string of the molecule is CC=C(C(N)=O)c1ccc(C(=O)c2ccc3c(-c4cc5cnn(C)c5cc4C)cccn23)cc1C#N. The molecule has 0 bridgehead atoms. The van der Waals surface area contributed by atoms with Gasteiger partial charge >= 0.3 is 0 Å². The van der Waals surface area contributed by atoms with Crippen molar-refractivity contribution < 1.29 is 9.59 Å². The van der Waals surface area contributed by atoms with E-state index in [4.69, 9.17) is 5.73 Å². The van der Waals surface area contributed by atoms with Crippen molar-refractivity contribution in [2.24, 2.45) is 12.8 Å². The predicted molar refractivity (Wildman–Crippen MR) is 139 cm³/mol. The fraction of sp³-hybridized carbons (Fsp3) is 0.103. The first kappa shape index (κ1) is 22.8. The number of ketones is 1. The maximum absolute atomic E-state index is 13.5. The van der Waals surface area contributed by atoms with Crippen LogP contribution in [-0.4, -0.2) is 25.9 Å². The number of pyridine rings is 1. The summed E-state index contributed by atoms with van der Waals surface area (Å²) in [6, 6.07) is 18.7. The number of primary amides is 1. The van der Waals surface area contributed by atoms with Gasteiger partial charge in [-0.2, -0.15) is 10.4 Å². The smallest absolute Gasteiger partial charge is 0.249 e. The molecule has 0 saturated heterocycles. The Morgan fingerprint density at radius 3 is 2.58 bits per heavy atom. The number of nitrogens with zero attached hydrogens (tertiary/aromatic N) is 4. The molecule has 0 radical (unpaired) electrons. The van der Waals surface area contributed by atoms with E-state index in [0.29, 0.717) is 16.8 Å². The van der Waals surface area contributed by atoms with E-state index in [-0.39, 0.29) is 16.9 Å². The number of carbonyl (C=O) groups is 2. The van der Waals surface area contributed by atoms with Crippen LogP contribution in [-0.2, 0) is 11.8 Å². The molecule has 7 nitrogen and oxygen atoms in total. The van der Waals surface area contributed by atoms with Gasteiger partial charge in [0.25, 0.3) is 0 Å². The lowest BCUT2D eigenvalue weighted by Gasteiger charge is -2.11. The fourth-order valence-electron chi connectivity index (χ4n) is 4.74. The van der Waals surface area contributed by atoms with Gasteiger partial charge in [-0.25, -0.2) is 0 Å². The Balaban J connectivity index is 1.60. The number of aryl methyl sites for hydroxylation is 2. The van der Waals surface area contributed by atoms with E-state index in [1.165, 1.54) is 6.07 Å². The molecule has 176 valence electrons. The number of rotatable bonds is 5. The molecular weight excluding hydrogens is 450 g/mol. The molecule has 3 heterocycles. The standard InChI is InChI=1S/C29H23N5O2/c1-4-21(29(31)36)22-8-7-18(13-19(22)15-30)28(35)26-10-9-25-23(6-5-11-34(25)26)24-14-20-16-32-33(3)27(20)12-17(24)2/h4-14,16H,1-3H3,(H2,31,36). The molecule has 0 aliphatic carbocycles. The number of aromatic nitrogens is 3. The first-order chi connectivity index (χ1) is 17.3. The summed E-state index contributed by atoms with van der Waals surface area (Å²) < 4.78 is 3.72. The number of fused-ring (bicyclic) bond motifs is 2. The molecule has 2 aromatic carbocycles. The normalized spacial score (nSPS) is 11.7.